The van der Waals surface area contributed by atoms with Crippen LogP contribution in [-0.2, 0) is 9.59 Å². The predicted octanol–water partition coefficient (Wildman–Crippen LogP) is -0.298. The maximum atomic E-state index is 11.5. The van der Waals surface area contributed by atoms with Gasteiger partial charge in [0.2, 0.25) is 5.91 Å². The van der Waals surface area contributed by atoms with Gasteiger partial charge in [-0.05, 0) is 32.2 Å². The van der Waals surface area contributed by atoms with E-state index in [1.165, 1.54) is 6.92 Å². The Morgan fingerprint density at radius 1 is 1.29 bits per heavy atom. The van der Waals surface area contributed by atoms with Crippen LogP contribution in [-0.4, -0.2) is 40.8 Å². The first kappa shape index (κ1) is 15.9. The van der Waals surface area contributed by atoms with Gasteiger partial charge in [0.05, 0.1) is 6.10 Å². The molecule has 0 radical (unpaired) electrons. The van der Waals surface area contributed by atoms with Crippen LogP contribution >= 0.6 is 0 Å². The van der Waals surface area contributed by atoms with E-state index in [0.29, 0.717) is 18.9 Å². The normalized spacial score (nSPS) is 16.0. The molecule has 0 bridgehead atoms. The Morgan fingerprint density at radius 2 is 1.88 bits per heavy atom. The number of carboxylic acids is 1. The molecule has 0 spiro atoms. The summed E-state index contributed by atoms with van der Waals surface area (Å²) in [5, 5.41) is 20.2. The third-order valence-corrected chi connectivity index (χ3v) is 2.59. The number of aliphatic hydroxyl groups is 1. The van der Waals surface area contributed by atoms with Crippen molar-refractivity contribution in [1.82, 2.24) is 5.32 Å². The molecule has 3 unspecified atom stereocenters. The van der Waals surface area contributed by atoms with Gasteiger partial charge >= 0.3 is 5.97 Å². The number of nitrogens with two attached hydrogens (primary N) is 1. The molecule has 6 nitrogen and oxygen atoms in total. The van der Waals surface area contributed by atoms with E-state index in [0.717, 1.165) is 6.42 Å². The fourth-order valence-corrected chi connectivity index (χ4v) is 1.44. The lowest BCUT2D eigenvalue weighted by atomic mass is 10.0. The largest absolute Gasteiger partial charge is 0.480 e. The number of carboxylic acid groups (broad SMARTS) is 1. The summed E-state index contributed by atoms with van der Waals surface area (Å²) >= 11 is 0. The average Bonchev–Trinajstić information content (AvgIpc) is 2.22. The second kappa shape index (κ2) is 8.03. The summed E-state index contributed by atoms with van der Waals surface area (Å²) < 4.78 is 0. The molecule has 0 aliphatic carbocycles. The maximum Gasteiger partial charge on any atom is 0.328 e. The monoisotopic (exact) mass is 246 g/mol. The summed E-state index contributed by atoms with van der Waals surface area (Å²) in [5.74, 6) is -1.26. The molecule has 0 aromatic rings. The summed E-state index contributed by atoms with van der Waals surface area (Å²) in [5.41, 5.74) is 5.38. The first-order chi connectivity index (χ1) is 7.88. The highest BCUT2D eigenvalue weighted by Gasteiger charge is 2.24. The van der Waals surface area contributed by atoms with Crippen molar-refractivity contribution in [2.45, 2.75) is 45.3 Å². The lowest BCUT2D eigenvalue weighted by Crippen LogP contribution is -2.47. The van der Waals surface area contributed by atoms with E-state index in [1.807, 2.05) is 6.92 Å². The van der Waals surface area contributed by atoms with Crippen LogP contribution < -0.4 is 11.1 Å². The van der Waals surface area contributed by atoms with Gasteiger partial charge in [-0.25, -0.2) is 4.79 Å². The highest BCUT2D eigenvalue weighted by atomic mass is 16.4. The van der Waals surface area contributed by atoms with Gasteiger partial charge in [-0.1, -0.05) is 6.92 Å². The molecule has 17 heavy (non-hydrogen) atoms. The van der Waals surface area contributed by atoms with Crippen LogP contribution in [0.1, 0.15) is 33.1 Å². The molecule has 0 aliphatic rings. The van der Waals surface area contributed by atoms with Gasteiger partial charge in [0.1, 0.15) is 0 Å². The number of hydrogen-bond donors (Lipinski definition) is 4. The summed E-state index contributed by atoms with van der Waals surface area (Å²) in [6.07, 6.45) is 0.636. The van der Waals surface area contributed by atoms with Crippen molar-refractivity contribution < 1.29 is 19.8 Å². The standard InChI is InChI=1S/C11H22N2O4/c1-7(5-6-12)3-4-9(15)13-10(8(2)14)11(16)17/h7-8,10,14H,3-6,12H2,1-2H3,(H,13,15)(H,16,17). The van der Waals surface area contributed by atoms with Gasteiger partial charge in [-0.15, -0.1) is 0 Å². The van der Waals surface area contributed by atoms with E-state index in [1.54, 1.807) is 0 Å². The molecule has 0 saturated carbocycles. The van der Waals surface area contributed by atoms with E-state index >= 15 is 0 Å². The number of nitrogens with one attached hydrogen (secondary N) is 1. The van der Waals surface area contributed by atoms with Gasteiger partial charge in [0.25, 0.3) is 0 Å². The molecule has 1 amide bonds. The van der Waals surface area contributed by atoms with Crippen molar-refractivity contribution in [2.24, 2.45) is 11.7 Å². The number of carbonyl (C=O) groups excluding carboxylic acids is 1. The van der Waals surface area contributed by atoms with Crippen molar-refractivity contribution in [2.75, 3.05) is 6.54 Å². The van der Waals surface area contributed by atoms with Gasteiger partial charge in [-0.2, -0.15) is 0 Å². The van der Waals surface area contributed by atoms with Crippen LogP contribution in [0.2, 0.25) is 0 Å². The van der Waals surface area contributed by atoms with Gasteiger partial charge in [-0.3, -0.25) is 4.79 Å². The quantitative estimate of drug-likeness (QED) is 0.470. The first-order valence-electron chi connectivity index (χ1n) is 5.78. The molecule has 3 atom stereocenters. The molecule has 0 aromatic carbocycles. The third kappa shape index (κ3) is 6.91. The molecule has 0 heterocycles. The molecule has 0 aliphatic heterocycles. The van der Waals surface area contributed by atoms with Crippen LogP contribution in [0.15, 0.2) is 0 Å². The minimum absolute atomic E-state index is 0.248. The molecular formula is C11H22N2O4. The van der Waals surface area contributed by atoms with Crippen LogP contribution in [0, 0.1) is 5.92 Å². The van der Waals surface area contributed by atoms with Crippen molar-refractivity contribution in [3.8, 4) is 0 Å². The molecule has 0 rings (SSSR count). The summed E-state index contributed by atoms with van der Waals surface area (Å²) in [6.45, 7) is 3.90. The lowest BCUT2D eigenvalue weighted by Gasteiger charge is -2.17. The minimum atomic E-state index is -1.24. The number of carbonyl (C=O) groups is 2. The highest BCUT2D eigenvalue weighted by molar-refractivity contribution is 5.83. The fourth-order valence-electron chi connectivity index (χ4n) is 1.44. The first-order valence-corrected chi connectivity index (χ1v) is 5.78. The minimum Gasteiger partial charge on any atom is -0.480 e. The molecular weight excluding hydrogens is 224 g/mol. The smallest absolute Gasteiger partial charge is 0.328 e. The van der Waals surface area contributed by atoms with E-state index < -0.39 is 18.1 Å². The zero-order valence-electron chi connectivity index (χ0n) is 10.3. The number of amides is 1. The third-order valence-electron chi connectivity index (χ3n) is 2.59. The Hall–Kier alpha value is -1.14. The second-order valence-electron chi connectivity index (χ2n) is 4.35. The summed E-state index contributed by atoms with van der Waals surface area (Å²) in [7, 11) is 0. The van der Waals surface area contributed by atoms with Crippen molar-refractivity contribution in [3.05, 3.63) is 0 Å². The second-order valence-corrected chi connectivity index (χ2v) is 4.35. The van der Waals surface area contributed by atoms with E-state index in [4.69, 9.17) is 10.8 Å². The Labute approximate surface area is 101 Å². The van der Waals surface area contributed by atoms with E-state index in [2.05, 4.69) is 5.32 Å². The molecule has 100 valence electrons. The van der Waals surface area contributed by atoms with Crippen LogP contribution in [0.3, 0.4) is 0 Å². The highest BCUT2D eigenvalue weighted by Crippen LogP contribution is 2.09. The van der Waals surface area contributed by atoms with Gasteiger partial charge < -0.3 is 21.3 Å². The average molecular weight is 246 g/mol. The van der Waals surface area contributed by atoms with Crippen LogP contribution in [0.25, 0.3) is 0 Å². The SMILES string of the molecule is CC(CCN)CCC(=O)NC(C(=O)O)C(C)O. The summed E-state index contributed by atoms with van der Waals surface area (Å²) in [4.78, 5) is 22.2. The molecule has 0 fully saturated rings. The lowest BCUT2D eigenvalue weighted by molar-refractivity contribution is -0.144. The number of hydrogen-bond acceptors (Lipinski definition) is 4. The van der Waals surface area contributed by atoms with E-state index in [-0.39, 0.29) is 12.3 Å². The Bertz CT molecular complexity index is 256. The zero-order valence-corrected chi connectivity index (χ0v) is 10.3. The zero-order chi connectivity index (χ0) is 13.4. The molecule has 5 N–H and O–H groups in total. The van der Waals surface area contributed by atoms with Crippen LogP contribution in [0.4, 0.5) is 0 Å². The molecule has 0 aromatic heterocycles. The number of aliphatic hydroxyl groups excluding tert-OH is 1. The molecule has 0 saturated heterocycles. The molecule has 6 heteroatoms. The van der Waals surface area contributed by atoms with Crippen LogP contribution in [0.5, 0.6) is 0 Å². The van der Waals surface area contributed by atoms with Crippen molar-refractivity contribution in [3.63, 3.8) is 0 Å². The van der Waals surface area contributed by atoms with Crippen molar-refractivity contribution in [1.29, 1.82) is 0 Å². The van der Waals surface area contributed by atoms with Crippen molar-refractivity contribution >= 4 is 11.9 Å². The number of rotatable bonds is 8. The van der Waals surface area contributed by atoms with E-state index in [9.17, 15) is 14.7 Å². The van der Waals surface area contributed by atoms with Gasteiger partial charge in [0, 0.05) is 6.42 Å². The Kier molecular flexibility index (Phi) is 7.49. The Balaban J connectivity index is 4.03. The fraction of sp³-hybridized carbons (Fsp3) is 0.818. The maximum absolute atomic E-state index is 11.5. The number of aliphatic carboxylic acids is 1. The predicted molar refractivity (Wildman–Crippen MR) is 63.3 cm³/mol. The Morgan fingerprint density at radius 3 is 2.29 bits per heavy atom. The summed E-state index contributed by atoms with van der Waals surface area (Å²) in [6, 6.07) is -1.24. The topological polar surface area (TPSA) is 113 Å². The van der Waals surface area contributed by atoms with Gasteiger partial charge in [0.15, 0.2) is 6.04 Å².